The third-order valence-electron chi connectivity index (χ3n) is 4.16. The van der Waals surface area contributed by atoms with Gasteiger partial charge >= 0.3 is 0 Å². The average Bonchev–Trinajstić information content (AvgIpc) is 3.11. The number of rotatable bonds is 5. The molecule has 2 heterocycles. The zero-order chi connectivity index (χ0) is 16.4. The first-order valence-corrected chi connectivity index (χ1v) is 8.29. The summed E-state index contributed by atoms with van der Waals surface area (Å²) in [7, 11) is 1.88. The van der Waals surface area contributed by atoms with Gasteiger partial charge in [0.05, 0.1) is 11.9 Å². The van der Waals surface area contributed by atoms with E-state index in [0.717, 1.165) is 42.5 Å². The molecule has 0 unspecified atom stereocenters. The highest BCUT2D eigenvalue weighted by molar-refractivity contribution is 5.93. The lowest BCUT2D eigenvalue weighted by atomic mass is 9.95. The van der Waals surface area contributed by atoms with Crippen LogP contribution >= 0.6 is 0 Å². The van der Waals surface area contributed by atoms with Crippen LogP contribution in [0.25, 0.3) is 0 Å². The molecule has 6 heteroatoms. The molecular weight excluding hydrogens is 292 g/mol. The van der Waals surface area contributed by atoms with Gasteiger partial charge < -0.3 is 9.42 Å². The van der Waals surface area contributed by atoms with Crippen LogP contribution in [0.3, 0.4) is 0 Å². The summed E-state index contributed by atoms with van der Waals surface area (Å²) in [4.78, 5) is 14.8. The van der Waals surface area contributed by atoms with Crippen LogP contribution in [0.2, 0.25) is 0 Å². The second-order valence-corrected chi connectivity index (χ2v) is 6.75. The van der Waals surface area contributed by atoms with Crippen molar-refractivity contribution in [3.63, 3.8) is 0 Å². The van der Waals surface area contributed by atoms with E-state index < -0.39 is 0 Å². The first-order valence-electron chi connectivity index (χ1n) is 8.29. The van der Waals surface area contributed by atoms with Gasteiger partial charge in [-0.25, -0.2) is 0 Å². The lowest BCUT2D eigenvalue weighted by molar-refractivity contribution is 0.0679. The van der Waals surface area contributed by atoms with Gasteiger partial charge in [0.1, 0.15) is 0 Å². The van der Waals surface area contributed by atoms with Crippen molar-refractivity contribution < 1.29 is 9.32 Å². The fourth-order valence-corrected chi connectivity index (χ4v) is 3.14. The Hall–Kier alpha value is -2.11. The number of hydrogen-bond acceptors (Lipinski definition) is 4. The zero-order valence-corrected chi connectivity index (χ0v) is 14.1. The summed E-state index contributed by atoms with van der Waals surface area (Å²) in [6, 6.07) is 0. The zero-order valence-electron chi connectivity index (χ0n) is 14.1. The molecule has 2 aromatic rings. The second-order valence-electron chi connectivity index (χ2n) is 6.75. The van der Waals surface area contributed by atoms with Crippen molar-refractivity contribution in [2.45, 2.75) is 46.1 Å². The average molecular weight is 316 g/mol. The minimum Gasteiger partial charge on any atom is -0.350 e. The van der Waals surface area contributed by atoms with Gasteiger partial charge in [0.25, 0.3) is 5.91 Å². The van der Waals surface area contributed by atoms with Gasteiger partial charge in [-0.05, 0) is 31.6 Å². The summed E-state index contributed by atoms with van der Waals surface area (Å²) in [6.07, 6.45) is 7.77. The lowest BCUT2D eigenvalue weighted by Crippen LogP contribution is -2.34. The Kier molecular flexibility index (Phi) is 4.50. The lowest BCUT2D eigenvalue weighted by Gasteiger charge is -2.23. The minimum absolute atomic E-state index is 0.0572. The molecule has 6 nitrogen and oxygen atoms in total. The molecule has 0 aromatic carbocycles. The Bertz CT molecular complexity index is 687. The maximum absolute atomic E-state index is 13.0. The molecule has 1 aliphatic rings. The molecule has 0 saturated carbocycles. The second kappa shape index (κ2) is 6.56. The Morgan fingerprint density at radius 2 is 2.17 bits per heavy atom. The number of fused-ring (bicyclic) bond motifs is 1. The van der Waals surface area contributed by atoms with Crippen LogP contribution in [-0.4, -0.2) is 32.3 Å². The third kappa shape index (κ3) is 3.46. The van der Waals surface area contributed by atoms with Crippen molar-refractivity contribution in [1.82, 2.24) is 19.8 Å². The van der Waals surface area contributed by atoms with Gasteiger partial charge in [-0.1, -0.05) is 19.0 Å². The van der Waals surface area contributed by atoms with E-state index in [1.165, 1.54) is 0 Å². The number of amides is 1. The van der Waals surface area contributed by atoms with E-state index in [1.54, 1.807) is 10.9 Å². The van der Waals surface area contributed by atoms with Crippen molar-refractivity contribution >= 4 is 5.91 Å². The largest absolute Gasteiger partial charge is 0.350 e. The first-order chi connectivity index (χ1) is 11.0. The number of carbonyl (C=O) groups is 1. The number of hydrogen-bond donors (Lipinski definition) is 0. The van der Waals surface area contributed by atoms with Gasteiger partial charge in [-0.15, -0.1) is 0 Å². The van der Waals surface area contributed by atoms with Gasteiger partial charge in [-0.3, -0.25) is 9.48 Å². The molecule has 3 rings (SSSR count). The van der Waals surface area contributed by atoms with E-state index in [9.17, 15) is 4.79 Å². The van der Waals surface area contributed by atoms with Gasteiger partial charge in [-0.2, -0.15) is 5.10 Å². The Morgan fingerprint density at radius 3 is 2.87 bits per heavy atom. The van der Waals surface area contributed by atoms with Crippen LogP contribution in [-0.2, 0) is 26.4 Å². The van der Waals surface area contributed by atoms with Gasteiger partial charge in [0.15, 0.2) is 0 Å². The van der Waals surface area contributed by atoms with E-state index in [0.29, 0.717) is 24.8 Å². The fraction of sp³-hybridized carbons (Fsp3) is 0.588. The van der Waals surface area contributed by atoms with E-state index in [4.69, 9.17) is 4.52 Å². The molecule has 0 atom stereocenters. The molecule has 1 amide bonds. The van der Waals surface area contributed by atoms with Crippen LogP contribution in [0.4, 0.5) is 0 Å². The van der Waals surface area contributed by atoms with Gasteiger partial charge in [0.2, 0.25) is 5.76 Å². The Morgan fingerprint density at radius 1 is 1.39 bits per heavy atom. The maximum Gasteiger partial charge on any atom is 0.293 e. The van der Waals surface area contributed by atoms with Crippen LogP contribution in [0.5, 0.6) is 0 Å². The molecule has 0 N–H and O–H groups in total. The predicted octanol–water partition coefficient (Wildman–Crippen LogP) is 2.59. The summed E-state index contributed by atoms with van der Waals surface area (Å²) in [5.74, 6) is 0.761. The Labute approximate surface area is 136 Å². The van der Waals surface area contributed by atoms with Crippen molar-refractivity contribution in [2.75, 3.05) is 6.54 Å². The number of aromatic nitrogens is 3. The fourth-order valence-electron chi connectivity index (χ4n) is 3.14. The molecule has 0 fully saturated rings. The summed E-state index contributed by atoms with van der Waals surface area (Å²) in [5.41, 5.74) is 3.00. The number of aryl methyl sites for hydroxylation is 2. The van der Waals surface area contributed by atoms with Crippen LogP contribution in [0.15, 0.2) is 16.9 Å². The highest BCUT2D eigenvalue weighted by atomic mass is 16.5. The van der Waals surface area contributed by atoms with Crippen molar-refractivity contribution in [1.29, 1.82) is 0 Å². The van der Waals surface area contributed by atoms with E-state index in [-0.39, 0.29) is 5.91 Å². The SMILES string of the molecule is CC(C)CN(Cc1cnn(C)c1)C(=O)c1onc2c1CCCC2. The molecule has 124 valence electrons. The summed E-state index contributed by atoms with van der Waals surface area (Å²) < 4.78 is 7.18. The maximum atomic E-state index is 13.0. The number of nitrogens with zero attached hydrogens (tertiary/aromatic N) is 4. The van der Waals surface area contributed by atoms with Crippen LogP contribution in [0, 0.1) is 5.92 Å². The van der Waals surface area contributed by atoms with Gasteiger partial charge in [0, 0.05) is 37.5 Å². The normalized spacial score (nSPS) is 14.1. The smallest absolute Gasteiger partial charge is 0.293 e. The van der Waals surface area contributed by atoms with Crippen molar-refractivity contribution in [3.8, 4) is 0 Å². The van der Waals surface area contributed by atoms with E-state index in [2.05, 4.69) is 24.1 Å². The molecule has 0 saturated heterocycles. The summed E-state index contributed by atoms with van der Waals surface area (Å²) in [5, 5.41) is 8.30. The molecule has 0 radical (unpaired) electrons. The van der Waals surface area contributed by atoms with Crippen molar-refractivity contribution in [2.24, 2.45) is 13.0 Å². The highest BCUT2D eigenvalue weighted by Crippen LogP contribution is 2.25. The quantitative estimate of drug-likeness (QED) is 0.850. The third-order valence-corrected chi connectivity index (χ3v) is 4.16. The van der Waals surface area contributed by atoms with E-state index >= 15 is 0 Å². The molecule has 1 aliphatic carbocycles. The highest BCUT2D eigenvalue weighted by Gasteiger charge is 2.28. The molecule has 0 aliphatic heterocycles. The summed E-state index contributed by atoms with van der Waals surface area (Å²) >= 11 is 0. The number of carbonyl (C=O) groups excluding carboxylic acids is 1. The standard InChI is InChI=1S/C17H24N4O2/c1-12(2)9-21(11-13-8-18-20(3)10-13)17(22)16-14-6-4-5-7-15(14)19-23-16/h8,10,12H,4-7,9,11H2,1-3H3. The molecule has 23 heavy (non-hydrogen) atoms. The predicted molar refractivity (Wildman–Crippen MR) is 85.9 cm³/mol. The monoisotopic (exact) mass is 316 g/mol. The summed E-state index contributed by atoms with van der Waals surface area (Å²) in [6.45, 7) is 5.45. The molecule has 2 aromatic heterocycles. The van der Waals surface area contributed by atoms with E-state index in [1.807, 2.05) is 18.1 Å². The van der Waals surface area contributed by atoms with Crippen LogP contribution < -0.4 is 0 Å². The molecule has 0 spiro atoms. The first kappa shape index (κ1) is 15.8. The molecule has 0 bridgehead atoms. The minimum atomic E-state index is -0.0572. The van der Waals surface area contributed by atoms with Crippen molar-refractivity contribution in [3.05, 3.63) is 35.0 Å². The molecular formula is C17H24N4O2. The topological polar surface area (TPSA) is 64.2 Å². The van der Waals surface area contributed by atoms with Crippen LogP contribution in [0.1, 0.15) is 54.1 Å². The Balaban J connectivity index is 1.83.